The highest BCUT2D eigenvalue weighted by atomic mass is 14.2. The van der Waals surface area contributed by atoms with Crippen LogP contribution in [0.3, 0.4) is 0 Å². The second-order valence-electron chi connectivity index (χ2n) is 4.87. The Morgan fingerprint density at radius 2 is 1.85 bits per heavy atom. The van der Waals surface area contributed by atoms with Crippen molar-refractivity contribution in [1.82, 2.24) is 0 Å². The minimum atomic E-state index is 0.401. The molecule has 0 aliphatic carbocycles. The highest BCUT2D eigenvalue weighted by Crippen LogP contribution is 2.32. The van der Waals surface area contributed by atoms with Crippen molar-refractivity contribution in [3.8, 4) is 0 Å². The van der Waals surface area contributed by atoms with Gasteiger partial charge in [0.25, 0.3) is 0 Å². The Hall–Kier alpha value is -0.260. The minimum Gasteiger partial charge on any atom is -0.0822 e. The van der Waals surface area contributed by atoms with Gasteiger partial charge in [0.15, 0.2) is 0 Å². The van der Waals surface area contributed by atoms with E-state index < -0.39 is 0 Å². The highest BCUT2D eigenvalue weighted by Gasteiger charge is 2.18. The molecule has 0 heteroatoms. The molecule has 0 amide bonds. The van der Waals surface area contributed by atoms with Crippen molar-refractivity contribution in [3.05, 3.63) is 11.6 Å². The van der Waals surface area contributed by atoms with Gasteiger partial charge in [-0.1, -0.05) is 59.1 Å². The molecular weight excluding hydrogens is 156 g/mol. The summed E-state index contributed by atoms with van der Waals surface area (Å²) in [5.41, 5.74) is 1.96. The van der Waals surface area contributed by atoms with Crippen LogP contribution in [0.2, 0.25) is 0 Å². The van der Waals surface area contributed by atoms with Gasteiger partial charge in [-0.05, 0) is 24.7 Å². The fourth-order valence-electron chi connectivity index (χ4n) is 1.59. The maximum Gasteiger partial charge on any atom is -0.0147 e. The molecule has 13 heavy (non-hydrogen) atoms. The minimum absolute atomic E-state index is 0.401. The Balaban J connectivity index is 4.37. The molecule has 0 heterocycles. The maximum absolute atomic E-state index is 2.44. The van der Waals surface area contributed by atoms with E-state index >= 15 is 0 Å². The molecule has 0 aliphatic heterocycles. The van der Waals surface area contributed by atoms with E-state index in [4.69, 9.17) is 0 Å². The summed E-state index contributed by atoms with van der Waals surface area (Å²) in [4.78, 5) is 0. The number of rotatable bonds is 5. The molecule has 0 aliphatic rings. The van der Waals surface area contributed by atoms with E-state index in [0.717, 1.165) is 5.92 Å². The molecular formula is C13H26. The number of hydrogen-bond acceptors (Lipinski definition) is 0. The van der Waals surface area contributed by atoms with Gasteiger partial charge in [0.2, 0.25) is 0 Å². The van der Waals surface area contributed by atoms with Crippen LogP contribution in [0.25, 0.3) is 0 Å². The third-order valence-electron chi connectivity index (χ3n) is 3.12. The van der Waals surface area contributed by atoms with Gasteiger partial charge in [-0.2, -0.15) is 0 Å². The van der Waals surface area contributed by atoms with E-state index in [1.807, 2.05) is 0 Å². The molecule has 0 aromatic carbocycles. The van der Waals surface area contributed by atoms with Gasteiger partial charge in [0.05, 0.1) is 0 Å². The summed E-state index contributed by atoms with van der Waals surface area (Å²) >= 11 is 0. The summed E-state index contributed by atoms with van der Waals surface area (Å²) in [7, 11) is 0. The Morgan fingerprint density at radius 3 is 2.23 bits per heavy atom. The Kier molecular flexibility index (Phi) is 5.36. The summed E-state index contributed by atoms with van der Waals surface area (Å²) in [6.07, 6.45) is 6.26. The monoisotopic (exact) mass is 182 g/mol. The predicted molar refractivity (Wildman–Crippen MR) is 61.9 cm³/mol. The van der Waals surface area contributed by atoms with Crippen molar-refractivity contribution in [1.29, 1.82) is 0 Å². The van der Waals surface area contributed by atoms with Crippen molar-refractivity contribution < 1.29 is 0 Å². The standard InChI is InChI=1S/C13H26/c1-7-9-13(5,6)12(4)10-11(3)8-2/h10-11H,7-9H2,1-6H3. The lowest BCUT2D eigenvalue weighted by Crippen LogP contribution is -2.13. The number of hydrogen-bond donors (Lipinski definition) is 0. The molecule has 0 bridgehead atoms. The molecule has 1 unspecified atom stereocenters. The van der Waals surface area contributed by atoms with Gasteiger partial charge < -0.3 is 0 Å². The molecule has 0 nitrogen and oxygen atoms in total. The maximum atomic E-state index is 2.44. The van der Waals surface area contributed by atoms with Crippen LogP contribution in [0.5, 0.6) is 0 Å². The molecule has 0 aromatic heterocycles. The van der Waals surface area contributed by atoms with Crippen molar-refractivity contribution >= 4 is 0 Å². The normalized spacial score (nSPS) is 16.0. The third kappa shape index (κ3) is 4.50. The molecule has 0 radical (unpaired) electrons. The van der Waals surface area contributed by atoms with Gasteiger partial charge >= 0.3 is 0 Å². The Morgan fingerprint density at radius 1 is 1.31 bits per heavy atom. The lowest BCUT2D eigenvalue weighted by atomic mass is 9.79. The Bertz CT molecular complexity index is 163. The van der Waals surface area contributed by atoms with Crippen LogP contribution in [-0.2, 0) is 0 Å². The van der Waals surface area contributed by atoms with E-state index in [0.29, 0.717) is 5.41 Å². The summed E-state index contributed by atoms with van der Waals surface area (Å²) < 4.78 is 0. The first-order valence-corrected chi connectivity index (χ1v) is 5.63. The second kappa shape index (κ2) is 5.47. The van der Waals surface area contributed by atoms with Gasteiger partial charge in [0.1, 0.15) is 0 Å². The van der Waals surface area contributed by atoms with Crippen molar-refractivity contribution in [2.75, 3.05) is 0 Å². The fourth-order valence-corrected chi connectivity index (χ4v) is 1.59. The quantitative estimate of drug-likeness (QED) is 0.535. The molecule has 78 valence electrons. The average Bonchev–Trinajstić information content (AvgIpc) is 2.04. The third-order valence-corrected chi connectivity index (χ3v) is 3.12. The Labute approximate surface area is 84.4 Å². The lowest BCUT2D eigenvalue weighted by molar-refractivity contribution is 0.398. The van der Waals surface area contributed by atoms with Crippen LogP contribution in [0.15, 0.2) is 11.6 Å². The molecule has 0 saturated heterocycles. The molecule has 0 rings (SSSR count). The van der Waals surface area contributed by atoms with Gasteiger partial charge in [0, 0.05) is 0 Å². The van der Waals surface area contributed by atoms with Crippen LogP contribution in [0, 0.1) is 11.3 Å². The average molecular weight is 182 g/mol. The van der Waals surface area contributed by atoms with Crippen molar-refractivity contribution in [3.63, 3.8) is 0 Å². The fraction of sp³-hybridized carbons (Fsp3) is 0.846. The van der Waals surface area contributed by atoms with E-state index in [1.165, 1.54) is 19.3 Å². The van der Waals surface area contributed by atoms with Gasteiger partial charge in [-0.15, -0.1) is 0 Å². The van der Waals surface area contributed by atoms with Gasteiger partial charge in [-0.25, -0.2) is 0 Å². The molecule has 0 N–H and O–H groups in total. The summed E-state index contributed by atoms with van der Waals surface area (Å²) in [5, 5.41) is 0. The van der Waals surface area contributed by atoms with E-state index in [1.54, 1.807) is 5.57 Å². The molecule has 0 saturated carbocycles. The first-order valence-electron chi connectivity index (χ1n) is 5.63. The van der Waals surface area contributed by atoms with Crippen LogP contribution in [0.4, 0.5) is 0 Å². The first kappa shape index (κ1) is 12.7. The van der Waals surface area contributed by atoms with E-state index in [9.17, 15) is 0 Å². The summed E-state index contributed by atoms with van der Waals surface area (Å²) in [5.74, 6) is 0.733. The zero-order valence-electron chi connectivity index (χ0n) is 10.3. The molecule has 0 spiro atoms. The number of allylic oxidation sites excluding steroid dienone is 2. The van der Waals surface area contributed by atoms with Crippen LogP contribution < -0.4 is 0 Å². The van der Waals surface area contributed by atoms with Crippen LogP contribution in [-0.4, -0.2) is 0 Å². The summed E-state index contributed by atoms with van der Waals surface area (Å²) in [6, 6.07) is 0. The van der Waals surface area contributed by atoms with E-state index in [2.05, 4.69) is 47.6 Å². The van der Waals surface area contributed by atoms with Crippen LogP contribution >= 0.6 is 0 Å². The predicted octanol–water partition coefficient (Wildman–Crippen LogP) is 4.81. The van der Waals surface area contributed by atoms with Crippen molar-refractivity contribution in [2.45, 2.75) is 60.8 Å². The van der Waals surface area contributed by atoms with E-state index in [-0.39, 0.29) is 0 Å². The van der Waals surface area contributed by atoms with Crippen molar-refractivity contribution in [2.24, 2.45) is 11.3 Å². The van der Waals surface area contributed by atoms with Gasteiger partial charge in [-0.3, -0.25) is 0 Å². The van der Waals surface area contributed by atoms with Crippen LogP contribution in [0.1, 0.15) is 60.8 Å². The largest absolute Gasteiger partial charge is 0.0822 e. The molecule has 0 aromatic rings. The second-order valence-corrected chi connectivity index (χ2v) is 4.87. The SMILES string of the molecule is CCCC(C)(C)C(C)=CC(C)CC. The summed E-state index contributed by atoms with van der Waals surface area (Å²) in [6.45, 7) is 13.8. The zero-order valence-corrected chi connectivity index (χ0v) is 10.3. The lowest BCUT2D eigenvalue weighted by Gasteiger charge is -2.26. The topological polar surface area (TPSA) is 0 Å². The smallest absolute Gasteiger partial charge is 0.0147 e. The zero-order chi connectivity index (χ0) is 10.5. The molecule has 0 fully saturated rings. The highest BCUT2D eigenvalue weighted by molar-refractivity contribution is 5.10. The first-order chi connectivity index (χ1) is 5.94. The molecule has 1 atom stereocenters.